The van der Waals surface area contributed by atoms with E-state index in [0.717, 1.165) is 4.47 Å². The van der Waals surface area contributed by atoms with Gasteiger partial charge in [-0.3, -0.25) is 4.79 Å². The number of amides is 1. The van der Waals surface area contributed by atoms with Crippen molar-refractivity contribution >= 4 is 33.4 Å². The van der Waals surface area contributed by atoms with Crippen LogP contribution in [0.4, 0.5) is 0 Å². The molecule has 0 atom stereocenters. The van der Waals surface area contributed by atoms with Crippen LogP contribution in [0.25, 0.3) is 0 Å². The summed E-state index contributed by atoms with van der Waals surface area (Å²) in [6.07, 6.45) is 1.55. The molecule has 0 aliphatic heterocycles. The second-order valence-electron chi connectivity index (χ2n) is 2.69. The summed E-state index contributed by atoms with van der Waals surface area (Å²) < 4.78 is 0.738. The lowest BCUT2D eigenvalue weighted by molar-refractivity contribution is 0.0827. The van der Waals surface area contributed by atoms with Crippen LogP contribution in [0.3, 0.4) is 0 Å². The zero-order valence-electron chi connectivity index (χ0n) is 7.21. The molecule has 1 heterocycles. The Kier molecular flexibility index (Phi) is 3.27. The Balaban J connectivity index is 3.13. The van der Waals surface area contributed by atoms with Crippen molar-refractivity contribution in [2.24, 2.45) is 0 Å². The SMILES string of the molecule is CN(C)C(=O)c1cc(Br)cnc1Cl. The molecular weight excluding hydrogens is 255 g/mol. The lowest BCUT2D eigenvalue weighted by Gasteiger charge is -2.10. The van der Waals surface area contributed by atoms with Gasteiger partial charge in [0.15, 0.2) is 0 Å². The van der Waals surface area contributed by atoms with Crippen molar-refractivity contribution in [3.05, 3.63) is 27.5 Å². The second-order valence-corrected chi connectivity index (χ2v) is 3.97. The van der Waals surface area contributed by atoms with Gasteiger partial charge in [0.1, 0.15) is 5.15 Å². The van der Waals surface area contributed by atoms with Crippen molar-refractivity contribution in [1.82, 2.24) is 9.88 Å². The maximum absolute atomic E-state index is 11.5. The first-order valence-corrected chi connectivity index (χ1v) is 4.72. The molecule has 3 nitrogen and oxygen atoms in total. The molecule has 1 aromatic rings. The lowest BCUT2D eigenvalue weighted by atomic mass is 10.2. The molecule has 0 saturated carbocycles. The Morgan fingerprint density at radius 2 is 2.23 bits per heavy atom. The number of hydrogen-bond acceptors (Lipinski definition) is 2. The third-order valence-corrected chi connectivity index (χ3v) is 2.18. The van der Waals surface area contributed by atoms with Gasteiger partial charge in [-0.25, -0.2) is 4.98 Å². The molecule has 1 aromatic heterocycles. The number of carbonyl (C=O) groups is 1. The average molecular weight is 264 g/mol. The molecule has 0 fully saturated rings. The molecule has 1 rings (SSSR count). The topological polar surface area (TPSA) is 33.2 Å². The van der Waals surface area contributed by atoms with Gasteiger partial charge in [-0.15, -0.1) is 0 Å². The first-order chi connectivity index (χ1) is 6.02. The van der Waals surface area contributed by atoms with Crippen LogP contribution in [-0.2, 0) is 0 Å². The predicted octanol–water partition coefficient (Wildman–Crippen LogP) is 2.20. The van der Waals surface area contributed by atoms with Gasteiger partial charge < -0.3 is 4.90 Å². The summed E-state index contributed by atoms with van der Waals surface area (Å²) in [5.41, 5.74) is 0.404. The van der Waals surface area contributed by atoms with Crippen LogP contribution in [0.2, 0.25) is 5.15 Å². The lowest BCUT2D eigenvalue weighted by Crippen LogP contribution is -2.22. The number of halogens is 2. The van der Waals surface area contributed by atoms with Crippen molar-refractivity contribution in [2.75, 3.05) is 14.1 Å². The van der Waals surface area contributed by atoms with E-state index in [4.69, 9.17) is 11.6 Å². The highest BCUT2D eigenvalue weighted by Crippen LogP contribution is 2.18. The van der Waals surface area contributed by atoms with E-state index in [9.17, 15) is 4.79 Å². The van der Waals surface area contributed by atoms with E-state index >= 15 is 0 Å². The summed E-state index contributed by atoms with van der Waals surface area (Å²) >= 11 is 8.98. The quantitative estimate of drug-likeness (QED) is 0.728. The van der Waals surface area contributed by atoms with Crippen LogP contribution in [0.15, 0.2) is 16.7 Å². The number of rotatable bonds is 1. The zero-order chi connectivity index (χ0) is 10.0. The number of aromatic nitrogens is 1. The molecule has 0 radical (unpaired) electrons. The van der Waals surface area contributed by atoms with Crippen LogP contribution >= 0.6 is 27.5 Å². The first-order valence-electron chi connectivity index (χ1n) is 3.55. The number of carbonyl (C=O) groups excluding carboxylic acids is 1. The molecule has 70 valence electrons. The summed E-state index contributed by atoms with van der Waals surface area (Å²) in [6.45, 7) is 0. The predicted molar refractivity (Wildman–Crippen MR) is 55.0 cm³/mol. The standard InChI is InChI=1S/C8H8BrClN2O/c1-12(2)8(13)6-3-5(9)4-11-7(6)10/h3-4H,1-2H3. The Morgan fingerprint density at radius 1 is 1.62 bits per heavy atom. The molecule has 5 heteroatoms. The molecule has 0 aliphatic rings. The Labute approximate surface area is 89.8 Å². The maximum Gasteiger partial charge on any atom is 0.256 e. The monoisotopic (exact) mass is 262 g/mol. The molecule has 0 N–H and O–H groups in total. The minimum absolute atomic E-state index is 0.154. The normalized spacial score (nSPS) is 9.85. The minimum atomic E-state index is -0.154. The molecule has 0 bridgehead atoms. The fourth-order valence-electron chi connectivity index (χ4n) is 0.813. The third kappa shape index (κ3) is 2.42. The molecule has 0 aliphatic carbocycles. The van der Waals surface area contributed by atoms with Crippen molar-refractivity contribution in [1.29, 1.82) is 0 Å². The van der Waals surface area contributed by atoms with Crippen molar-refractivity contribution in [3.8, 4) is 0 Å². The molecule has 1 amide bonds. The largest absolute Gasteiger partial charge is 0.345 e. The molecule has 13 heavy (non-hydrogen) atoms. The van der Waals surface area contributed by atoms with Gasteiger partial charge in [0.05, 0.1) is 5.56 Å². The van der Waals surface area contributed by atoms with Crippen molar-refractivity contribution < 1.29 is 4.79 Å². The van der Waals surface area contributed by atoms with E-state index in [1.54, 1.807) is 26.4 Å². The highest BCUT2D eigenvalue weighted by molar-refractivity contribution is 9.10. The molecule has 0 aromatic carbocycles. The Bertz CT molecular complexity index is 341. The van der Waals surface area contributed by atoms with Gasteiger partial charge in [0.25, 0.3) is 5.91 Å². The van der Waals surface area contributed by atoms with Crippen LogP contribution in [-0.4, -0.2) is 29.9 Å². The zero-order valence-corrected chi connectivity index (χ0v) is 9.56. The van der Waals surface area contributed by atoms with Gasteiger partial charge >= 0.3 is 0 Å². The maximum atomic E-state index is 11.5. The summed E-state index contributed by atoms with van der Waals surface area (Å²) in [4.78, 5) is 16.8. The average Bonchev–Trinajstić information content (AvgIpc) is 2.08. The van der Waals surface area contributed by atoms with Gasteiger partial charge in [-0.1, -0.05) is 11.6 Å². The second kappa shape index (κ2) is 4.07. The van der Waals surface area contributed by atoms with E-state index in [1.807, 2.05) is 0 Å². The number of pyridine rings is 1. The Morgan fingerprint density at radius 3 is 2.77 bits per heavy atom. The smallest absolute Gasteiger partial charge is 0.256 e. The number of nitrogens with zero attached hydrogens (tertiary/aromatic N) is 2. The first kappa shape index (κ1) is 10.5. The van der Waals surface area contributed by atoms with Crippen LogP contribution < -0.4 is 0 Å². The van der Waals surface area contributed by atoms with E-state index in [0.29, 0.717) is 5.56 Å². The molecule has 0 spiro atoms. The van der Waals surface area contributed by atoms with Gasteiger partial charge in [0.2, 0.25) is 0 Å². The van der Waals surface area contributed by atoms with E-state index in [2.05, 4.69) is 20.9 Å². The Hall–Kier alpha value is -0.610. The molecular formula is C8H8BrClN2O. The summed E-state index contributed by atoms with van der Waals surface area (Å²) in [6, 6.07) is 1.65. The van der Waals surface area contributed by atoms with Crippen molar-refractivity contribution in [3.63, 3.8) is 0 Å². The highest BCUT2D eigenvalue weighted by Gasteiger charge is 2.13. The van der Waals surface area contributed by atoms with Gasteiger partial charge in [0, 0.05) is 24.8 Å². The van der Waals surface area contributed by atoms with Crippen LogP contribution in [0, 0.1) is 0 Å². The third-order valence-electron chi connectivity index (χ3n) is 1.44. The molecule has 0 unspecified atom stereocenters. The van der Waals surface area contributed by atoms with E-state index in [1.165, 1.54) is 4.90 Å². The molecule has 0 saturated heterocycles. The van der Waals surface area contributed by atoms with Crippen molar-refractivity contribution in [2.45, 2.75) is 0 Å². The summed E-state index contributed by atoms with van der Waals surface area (Å²) in [5, 5.41) is 0.224. The minimum Gasteiger partial charge on any atom is -0.345 e. The highest BCUT2D eigenvalue weighted by atomic mass is 79.9. The van der Waals surface area contributed by atoms with E-state index in [-0.39, 0.29) is 11.1 Å². The van der Waals surface area contributed by atoms with Gasteiger partial charge in [-0.05, 0) is 22.0 Å². The van der Waals surface area contributed by atoms with Crippen LogP contribution in [0.1, 0.15) is 10.4 Å². The van der Waals surface area contributed by atoms with E-state index < -0.39 is 0 Å². The number of hydrogen-bond donors (Lipinski definition) is 0. The fraction of sp³-hybridized carbons (Fsp3) is 0.250. The summed E-state index contributed by atoms with van der Waals surface area (Å²) in [5.74, 6) is -0.154. The summed E-state index contributed by atoms with van der Waals surface area (Å²) in [7, 11) is 3.33. The van der Waals surface area contributed by atoms with Gasteiger partial charge in [-0.2, -0.15) is 0 Å². The van der Waals surface area contributed by atoms with Crippen LogP contribution in [0.5, 0.6) is 0 Å². The fourth-order valence-corrected chi connectivity index (χ4v) is 1.33.